The topological polar surface area (TPSA) is 38.7 Å². The van der Waals surface area contributed by atoms with Crippen LogP contribution in [0.2, 0.25) is 0 Å². The maximum atomic E-state index is 10.1. The van der Waals surface area contributed by atoms with Crippen LogP contribution in [0.3, 0.4) is 0 Å². The summed E-state index contributed by atoms with van der Waals surface area (Å²) >= 11 is 0. The van der Waals surface area contributed by atoms with E-state index >= 15 is 0 Å². The fourth-order valence-electron chi connectivity index (χ4n) is 0.832. The summed E-state index contributed by atoms with van der Waals surface area (Å²) in [6.07, 6.45) is 3.30. The second-order valence-corrected chi connectivity index (χ2v) is 2.22. The average Bonchev–Trinajstić information content (AvgIpc) is 2.15. The highest BCUT2D eigenvalue weighted by atomic mass is 16.5. The van der Waals surface area contributed by atoms with Crippen LogP contribution >= 0.6 is 0 Å². The molecule has 1 rings (SSSR count). The molecule has 62 valence electrons. The fourth-order valence-corrected chi connectivity index (χ4v) is 0.832. The third kappa shape index (κ3) is 2.20. The van der Waals surface area contributed by atoms with Gasteiger partial charge in [-0.1, -0.05) is 12.1 Å². The highest BCUT2D eigenvalue weighted by molar-refractivity contribution is 5.54. The summed E-state index contributed by atoms with van der Waals surface area (Å²) in [5, 5.41) is 2.81. The summed E-state index contributed by atoms with van der Waals surface area (Å²) in [4.78, 5) is 10.1. The lowest BCUT2D eigenvalue weighted by Crippen LogP contribution is -1.71. The number of benzene rings is 1. The molecule has 1 aromatic carbocycles. The molecule has 0 bridgehead atoms. The molecular weight excluding hydrogens is 154 g/mol. The van der Waals surface area contributed by atoms with Crippen LogP contribution in [0.15, 0.2) is 35.7 Å². The Morgan fingerprint density at radius 1 is 1.50 bits per heavy atom. The van der Waals surface area contributed by atoms with Gasteiger partial charge in [0.2, 0.25) is 0 Å². The number of nitroso groups, excluding NO2 is 1. The van der Waals surface area contributed by atoms with Crippen LogP contribution in [-0.2, 0) is 4.74 Å². The summed E-state index contributed by atoms with van der Waals surface area (Å²) in [6, 6.07) is 6.97. The summed E-state index contributed by atoms with van der Waals surface area (Å²) < 4.78 is 4.73. The van der Waals surface area contributed by atoms with Crippen molar-refractivity contribution in [1.82, 2.24) is 0 Å². The fraction of sp³-hybridized carbons (Fsp3) is 0.111. The summed E-state index contributed by atoms with van der Waals surface area (Å²) in [5.74, 6) is 0. The van der Waals surface area contributed by atoms with Gasteiger partial charge in [0.1, 0.15) is 5.69 Å². The van der Waals surface area contributed by atoms with Gasteiger partial charge in [-0.2, -0.15) is 0 Å². The molecule has 3 heteroatoms. The Bertz CT molecular complexity index is 294. The molecule has 0 heterocycles. The van der Waals surface area contributed by atoms with E-state index in [4.69, 9.17) is 4.74 Å². The number of nitrogens with zero attached hydrogens (tertiary/aromatic N) is 1. The molecule has 12 heavy (non-hydrogen) atoms. The van der Waals surface area contributed by atoms with Gasteiger partial charge in [-0.15, -0.1) is 4.91 Å². The lowest BCUT2D eigenvalue weighted by molar-refractivity contribution is 0.341. The van der Waals surface area contributed by atoms with Crippen molar-refractivity contribution in [3.8, 4) is 0 Å². The van der Waals surface area contributed by atoms with Crippen molar-refractivity contribution >= 4 is 11.8 Å². The van der Waals surface area contributed by atoms with E-state index in [0.29, 0.717) is 5.69 Å². The second-order valence-electron chi connectivity index (χ2n) is 2.22. The van der Waals surface area contributed by atoms with Crippen molar-refractivity contribution in [2.75, 3.05) is 7.11 Å². The van der Waals surface area contributed by atoms with Gasteiger partial charge >= 0.3 is 0 Å². The van der Waals surface area contributed by atoms with E-state index in [1.165, 1.54) is 0 Å². The van der Waals surface area contributed by atoms with Gasteiger partial charge in [-0.3, -0.25) is 0 Å². The molecule has 0 unspecified atom stereocenters. The van der Waals surface area contributed by atoms with Gasteiger partial charge in [0, 0.05) is 0 Å². The van der Waals surface area contributed by atoms with E-state index in [-0.39, 0.29) is 0 Å². The molecule has 0 aliphatic heterocycles. The lowest BCUT2D eigenvalue weighted by Gasteiger charge is -1.92. The normalized spacial score (nSPS) is 10.1. The molecule has 0 fully saturated rings. The third-order valence-corrected chi connectivity index (χ3v) is 1.37. The van der Waals surface area contributed by atoms with Crippen molar-refractivity contribution in [1.29, 1.82) is 0 Å². The minimum absolute atomic E-state index is 0.424. The molecule has 0 saturated carbocycles. The van der Waals surface area contributed by atoms with Crippen LogP contribution < -0.4 is 0 Å². The second kappa shape index (κ2) is 4.28. The Morgan fingerprint density at radius 3 is 3.00 bits per heavy atom. The quantitative estimate of drug-likeness (QED) is 0.507. The number of methoxy groups -OCH3 is 1. The first-order valence-electron chi connectivity index (χ1n) is 3.49. The highest BCUT2D eigenvalue weighted by Gasteiger charge is 1.90. The van der Waals surface area contributed by atoms with Gasteiger partial charge in [0.25, 0.3) is 0 Å². The first-order chi connectivity index (χ1) is 5.86. The van der Waals surface area contributed by atoms with E-state index in [0.717, 1.165) is 5.56 Å². The summed E-state index contributed by atoms with van der Waals surface area (Å²) in [5.41, 5.74) is 1.32. The average molecular weight is 163 g/mol. The van der Waals surface area contributed by atoms with Gasteiger partial charge < -0.3 is 4.74 Å². The zero-order valence-corrected chi connectivity index (χ0v) is 6.73. The van der Waals surface area contributed by atoms with Gasteiger partial charge in [-0.05, 0) is 28.9 Å². The monoisotopic (exact) mass is 163 g/mol. The lowest BCUT2D eigenvalue weighted by atomic mass is 10.2. The van der Waals surface area contributed by atoms with Crippen LogP contribution in [-0.4, -0.2) is 7.11 Å². The summed E-state index contributed by atoms with van der Waals surface area (Å²) in [7, 11) is 1.57. The van der Waals surface area contributed by atoms with Crippen molar-refractivity contribution < 1.29 is 4.74 Å². The van der Waals surface area contributed by atoms with Crippen LogP contribution in [0.1, 0.15) is 5.56 Å². The Labute approximate surface area is 70.6 Å². The minimum atomic E-state index is 0.424. The molecule has 0 aliphatic rings. The molecule has 0 amide bonds. The van der Waals surface area contributed by atoms with Crippen LogP contribution in [0, 0.1) is 4.91 Å². The van der Waals surface area contributed by atoms with Crippen molar-refractivity contribution in [3.63, 3.8) is 0 Å². The van der Waals surface area contributed by atoms with Crippen molar-refractivity contribution in [2.24, 2.45) is 5.18 Å². The predicted octanol–water partition coefficient (Wildman–Crippen LogP) is 2.70. The number of ether oxygens (including phenoxy) is 1. The number of hydrogen-bond acceptors (Lipinski definition) is 3. The number of rotatable bonds is 3. The Balaban J connectivity index is 2.86. The molecule has 0 saturated heterocycles. The van der Waals surface area contributed by atoms with E-state index in [1.54, 1.807) is 37.6 Å². The molecule has 0 spiro atoms. The zero-order valence-electron chi connectivity index (χ0n) is 6.73. The Kier molecular flexibility index (Phi) is 3.02. The van der Waals surface area contributed by atoms with Crippen molar-refractivity contribution in [2.45, 2.75) is 0 Å². The van der Waals surface area contributed by atoms with Crippen molar-refractivity contribution in [3.05, 3.63) is 41.0 Å². The van der Waals surface area contributed by atoms with Gasteiger partial charge in [0.15, 0.2) is 0 Å². The molecule has 0 aromatic heterocycles. The molecule has 0 radical (unpaired) electrons. The zero-order chi connectivity index (χ0) is 8.81. The van der Waals surface area contributed by atoms with E-state index in [9.17, 15) is 4.91 Å². The van der Waals surface area contributed by atoms with Crippen LogP contribution in [0.25, 0.3) is 6.08 Å². The van der Waals surface area contributed by atoms with E-state index < -0.39 is 0 Å². The molecule has 0 aliphatic carbocycles. The third-order valence-electron chi connectivity index (χ3n) is 1.37. The van der Waals surface area contributed by atoms with Gasteiger partial charge in [0.05, 0.1) is 13.4 Å². The molecule has 0 atom stereocenters. The summed E-state index contributed by atoms with van der Waals surface area (Å²) in [6.45, 7) is 0. The molecule has 3 nitrogen and oxygen atoms in total. The van der Waals surface area contributed by atoms with Crippen LogP contribution in [0.4, 0.5) is 5.69 Å². The smallest absolute Gasteiger partial charge is 0.108 e. The van der Waals surface area contributed by atoms with E-state index in [2.05, 4.69) is 5.18 Å². The Morgan fingerprint density at radius 2 is 2.33 bits per heavy atom. The van der Waals surface area contributed by atoms with Gasteiger partial charge in [-0.25, -0.2) is 0 Å². The standard InChI is InChI=1S/C9H9NO2/c1-12-6-5-8-3-2-4-9(7-8)10-11/h2-7H,1H3/b6-5+. The minimum Gasteiger partial charge on any atom is -0.504 e. The van der Waals surface area contributed by atoms with E-state index in [1.807, 2.05) is 6.07 Å². The molecule has 0 N–H and O–H groups in total. The maximum absolute atomic E-state index is 10.1. The van der Waals surface area contributed by atoms with Crippen LogP contribution in [0.5, 0.6) is 0 Å². The SMILES string of the molecule is CO/C=C/c1cccc(N=O)c1. The first kappa shape index (κ1) is 8.46. The predicted molar refractivity (Wildman–Crippen MR) is 47.9 cm³/mol. The largest absolute Gasteiger partial charge is 0.504 e. The molecule has 1 aromatic rings. The molecular formula is C9H9NO2. The maximum Gasteiger partial charge on any atom is 0.108 e. The number of hydrogen-bond donors (Lipinski definition) is 0. The first-order valence-corrected chi connectivity index (χ1v) is 3.49. The Hall–Kier alpha value is -1.64. The highest BCUT2D eigenvalue weighted by Crippen LogP contribution is 2.14.